The molecule has 1 fully saturated rings. The Morgan fingerprint density at radius 2 is 2.50 bits per heavy atom. The van der Waals surface area contributed by atoms with Crippen LogP contribution in [0.25, 0.3) is 5.65 Å². The summed E-state index contributed by atoms with van der Waals surface area (Å²) >= 11 is 0. The Kier molecular flexibility index (Phi) is 3.15. The van der Waals surface area contributed by atoms with Gasteiger partial charge in [-0.05, 0) is 56.5 Å². The van der Waals surface area contributed by atoms with Gasteiger partial charge in [-0.15, -0.1) is 5.10 Å². The molecule has 5 nitrogen and oxygen atoms in total. The summed E-state index contributed by atoms with van der Waals surface area (Å²) in [5, 5.41) is 11.2. The van der Waals surface area contributed by atoms with E-state index >= 15 is 0 Å². The maximum absolute atomic E-state index is 4.48. The van der Waals surface area contributed by atoms with Gasteiger partial charge < -0.3 is 10.6 Å². The molecule has 1 atom stereocenters. The number of aryl methyl sites for hydroxylation is 1. The summed E-state index contributed by atoms with van der Waals surface area (Å²) in [6, 6.07) is 4.08. The number of fused-ring (bicyclic) bond motifs is 1. The molecule has 1 aliphatic rings. The maximum Gasteiger partial charge on any atom is 0.243 e. The van der Waals surface area contributed by atoms with Gasteiger partial charge in [-0.2, -0.15) is 4.98 Å². The van der Waals surface area contributed by atoms with E-state index in [4.69, 9.17) is 0 Å². The summed E-state index contributed by atoms with van der Waals surface area (Å²) < 4.78 is 1.81. The quantitative estimate of drug-likeness (QED) is 0.859. The van der Waals surface area contributed by atoms with E-state index in [-0.39, 0.29) is 0 Å². The Labute approximate surface area is 107 Å². The van der Waals surface area contributed by atoms with Crippen LogP contribution in [0, 0.1) is 12.8 Å². The standard InChI is InChI=1S/C13H19N5/c1-10-4-6-18-12(7-10)16-13(17-18)15-9-11-3-2-5-14-8-11/h4,6-7,11,14H,2-3,5,8-9H2,1H3,(H,15,17). The zero-order valence-electron chi connectivity index (χ0n) is 10.7. The molecular weight excluding hydrogens is 226 g/mol. The fourth-order valence-corrected chi connectivity index (χ4v) is 2.39. The van der Waals surface area contributed by atoms with E-state index in [1.54, 1.807) is 0 Å². The molecule has 1 unspecified atom stereocenters. The molecule has 0 aliphatic carbocycles. The van der Waals surface area contributed by atoms with Crippen molar-refractivity contribution in [2.75, 3.05) is 25.0 Å². The Bertz CT molecular complexity index is 527. The second-order valence-electron chi connectivity index (χ2n) is 5.04. The topological polar surface area (TPSA) is 54.2 Å². The molecule has 0 saturated carbocycles. The molecule has 3 rings (SSSR count). The van der Waals surface area contributed by atoms with Crippen molar-refractivity contribution in [2.45, 2.75) is 19.8 Å². The number of piperidine rings is 1. The highest BCUT2D eigenvalue weighted by atomic mass is 15.3. The van der Waals surface area contributed by atoms with Gasteiger partial charge in [0.1, 0.15) is 0 Å². The lowest BCUT2D eigenvalue weighted by Gasteiger charge is -2.22. The largest absolute Gasteiger partial charge is 0.353 e. The molecule has 0 amide bonds. The molecule has 1 saturated heterocycles. The highest BCUT2D eigenvalue weighted by Crippen LogP contribution is 2.12. The van der Waals surface area contributed by atoms with Crippen molar-refractivity contribution >= 4 is 11.6 Å². The van der Waals surface area contributed by atoms with Crippen LogP contribution in [0.1, 0.15) is 18.4 Å². The van der Waals surface area contributed by atoms with E-state index in [2.05, 4.69) is 27.6 Å². The van der Waals surface area contributed by atoms with Gasteiger partial charge in [0, 0.05) is 12.7 Å². The number of nitrogens with one attached hydrogen (secondary N) is 2. The summed E-state index contributed by atoms with van der Waals surface area (Å²) in [5.41, 5.74) is 2.11. The Morgan fingerprint density at radius 1 is 1.56 bits per heavy atom. The van der Waals surface area contributed by atoms with Crippen LogP contribution in [-0.2, 0) is 0 Å². The zero-order valence-corrected chi connectivity index (χ0v) is 10.7. The van der Waals surface area contributed by atoms with Gasteiger partial charge in [-0.25, -0.2) is 4.52 Å². The van der Waals surface area contributed by atoms with Crippen molar-refractivity contribution < 1.29 is 0 Å². The molecule has 0 bridgehead atoms. The van der Waals surface area contributed by atoms with Crippen LogP contribution in [-0.4, -0.2) is 34.2 Å². The third-order valence-corrected chi connectivity index (χ3v) is 3.44. The van der Waals surface area contributed by atoms with Crippen LogP contribution in [0.15, 0.2) is 18.3 Å². The fraction of sp³-hybridized carbons (Fsp3) is 0.538. The van der Waals surface area contributed by atoms with E-state index < -0.39 is 0 Å². The SMILES string of the molecule is Cc1ccn2nc(NCC3CCCNC3)nc2c1. The number of hydrogen-bond donors (Lipinski definition) is 2. The normalized spacial score (nSPS) is 20.2. The summed E-state index contributed by atoms with van der Waals surface area (Å²) in [6.45, 7) is 5.26. The van der Waals surface area contributed by atoms with Gasteiger partial charge in [-0.3, -0.25) is 0 Å². The van der Waals surface area contributed by atoms with Gasteiger partial charge >= 0.3 is 0 Å². The van der Waals surface area contributed by atoms with Crippen molar-refractivity contribution in [3.8, 4) is 0 Å². The van der Waals surface area contributed by atoms with Crippen LogP contribution in [0.5, 0.6) is 0 Å². The van der Waals surface area contributed by atoms with E-state index in [0.717, 1.165) is 31.2 Å². The predicted octanol–water partition coefficient (Wildman–Crippen LogP) is 1.45. The zero-order chi connectivity index (χ0) is 12.4. The first-order valence-corrected chi connectivity index (χ1v) is 6.59. The third kappa shape index (κ3) is 2.46. The van der Waals surface area contributed by atoms with Gasteiger partial charge in [-0.1, -0.05) is 0 Å². The van der Waals surface area contributed by atoms with Gasteiger partial charge in [0.05, 0.1) is 0 Å². The minimum atomic E-state index is 0.687. The van der Waals surface area contributed by atoms with Crippen molar-refractivity contribution in [3.05, 3.63) is 23.9 Å². The molecule has 0 radical (unpaired) electrons. The average Bonchev–Trinajstić information content (AvgIpc) is 2.79. The molecule has 2 aromatic heterocycles. The van der Waals surface area contributed by atoms with Crippen LogP contribution < -0.4 is 10.6 Å². The van der Waals surface area contributed by atoms with Crippen LogP contribution >= 0.6 is 0 Å². The summed E-state index contributed by atoms with van der Waals surface area (Å²) in [6.07, 6.45) is 4.50. The number of nitrogens with zero attached hydrogens (tertiary/aromatic N) is 3. The van der Waals surface area contributed by atoms with Crippen molar-refractivity contribution in [2.24, 2.45) is 5.92 Å². The first-order valence-electron chi connectivity index (χ1n) is 6.59. The van der Waals surface area contributed by atoms with Gasteiger partial charge in [0.25, 0.3) is 0 Å². The number of aromatic nitrogens is 3. The maximum atomic E-state index is 4.48. The molecular formula is C13H19N5. The molecule has 3 heterocycles. The number of hydrogen-bond acceptors (Lipinski definition) is 4. The van der Waals surface area contributed by atoms with Gasteiger partial charge in [0.15, 0.2) is 5.65 Å². The summed E-state index contributed by atoms with van der Waals surface area (Å²) in [5.74, 6) is 1.42. The molecule has 96 valence electrons. The predicted molar refractivity (Wildman–Crippen MR) is 71.8 cm³/mol. The summed E-state index contributed by atoms with van der Waals surface area (Å²) in [4.78, 5) is 4.48. The van der Waals surface area contributed by atoms with Crippen molar-refractivity contribution in [1.82, 2.24) is 19.9 Å². The van der Waals surface area contributed by atoms with Crippen molar-refractivity contribution in [1.29, 1.82) is 0 Å². The average molecular weight is 245 g/mol. The number of anilines is 1. The smallest absolute Gasteiger partial charge is 0.243 e. The van der Waals surface area contributed by atoms with Crippen LogP contribution in [0.4, 0.5) is 5.95 Å². The van der Waals surface area contributed by atoms with E-state index in [1.165, 1.54) is 18.4 Å². The van der Waals surface area contributed by atoms with Crippen LogP contribution in [0.3, 0.4) is 0 Å². The first-order chi connectivity index (χ1) is 8.81. The second kappa shape index (κ2) is 4.94. The molecule has 0 aromatic carbocycles. The lowest BCUT2D eigenvalue weighted by Crippen LogP contribution is -2.33. The van der Waals surface area contributed by atoms with Gasteiger partial charge in [0.2, 0.25) is 5.95 Å². The Morgan fingerprint density at radius 3 is 3.33 bits per heavy atom. The van der Waals surface area contributed by atoms with E-state index in [9.17, 15) is 0 Å². The summed E-state index contributed by atoms with van der Waals surface area (Å²) in [7, 11) is 0. The Balaban J connectivity index is 1.67. The second-order valence-corrected chi connectivity index (χ2v) is 5.04. The van der Waals surface area contributed by atoms with Crippen molar-refractivity contribution in [3.63, 3.8) is 0 Å². The monoisotopic (exact) mass is 245 g/mol. The molecule has 5 heteroatoms. The minimum absolute atomic E-state index is 0.687. The number of rotatable bonds is 3. The molecule has 1 aliphatic heterocycles. The molecule has 2 N–H and O–H groups in total. The lowest BCUT2D eigenvalue weighted by molar-refractivity contribution is 0.392. The highest BCUT2D eigenvalue weighted by molar-refractivity contribution is 5.45. The minimum Gasteiger partial charge on any atom is -0.353 e. The highest BCUT2D eigenvalue weighted by Gasteiger charge is 2.13. The lowest BCUT2D eigenvalue weighted by atomic mass is 10.00. The Hall–Kier alpha value is -1.62. The molecule has 0 spiro atoms. The van der Waals surface area contributed by atoms with E-state index in [1.807, 2.05) is 22.8 Å². The van der Waals surface area contributed by atoms with Crippen LogP contribution in [0.2, 0.25) is 0 Å². The fourth-order valence-electron chi connectivity index (χ4n) is 2.39. The van der Waals surface area contributed by atoms with E-state index in [0.29, 0.717) is 5.92 Å². The third-order valence-electron chi connectivity index (χ3n) is 3.44. The first kappa shape index (κ1) is 11.5. The number of pyridine rings is 1. The molecule has 2 aromatic rings. The molecule has 18 heavy (non-hydrogen) atoms.